The van der Waals surface area contributed by atoms with Gasteiger partial charge in [-0.1, -0.05) is 0 Å². The molecular formula is C20H18F2N6O2. The summed E-state index contributed by atoms with van der Waals surface area (Å²) >= 11 is 0. The molecule has 2 N–H and O–H groups in total. The maximum atomic E-state index is 14.4. The molecule has 0 aliphatic carbocycles. The number of aliphatic hydroxyl groups is 1. The Bertz CT molecular complexity index is 1140. The highest BCUT2D eigenvalue weighted by Crippen LogP contribution is 2.37. The minimum atomic E-state index is -1.16. The lowest BCUT2D eigenvalue weighted by atomic mass is 10.0. The molecule has 1 aromatic carbocycles. The maximum Gasteiger partial charge on any atom is 0.251 e. The van der Waals surface area contributed by atoms with Gasteiger partial charge in [0.05, 0.1) is 25.4 Å². The largest absolute Gasteiger partial charge is 0.395 e. The molecule has 3 heterocycles. The van der Waals surface area contributed by atoms with E-state index < -0.39 is 23.9 Å². The molecule has 0 spiro atoms. The van der Waals surface area contributed by atoms with Crippen molar-refractivity contribution in [3.8, 4) is 6.07 Å². The third kappa shape index (κ3) is 3.67. The van der Waals surface area contributed by atoms with Gasteiger partial charge in [0.15, 0.2) is 5.65 Å². The van der Waals surface area contributed by atoms with Gasteiger partial charge in [0.25, 0.3) is 5.91 Å². The quantitative estimate of drug-likeness (QED) is 0.661. The molecule has 2 aromatic heterocycles. The Hall–Kier alpha value is -3.58. The number of nitriles is 1. The summed E-state index contributed by atoms with van der Waals surface area (Å²) in [6.07, 6.45) is 1.97. The molecule has 0 radical (unpaired) electrons. The molecule has 0 unspecified atom stereocenters. The average molecular weight is 412 g/mol. The van der Waals surface area contributed by atoms with Crippen molar-refractivity contribution in [1.82, 2.24) is 19.9 Å². The first-order chi connectivity index (χ1) is 14.5. The predicted molar refractivity (Wildman–Crippen MR) is 103 cm³/mol. The van der Waals surface area contributed by atoms with Crippen molar-refractivity contribution in [1.29, 1.82) is 5.26 Å². The van der Waals surface area contributed by atoms with Gasteiger partial charge in [-0.3, -0.25) is 4.79 Å². The van der Waals surface area contributed by atoms with Crippen LogP contribution in [-0.4, -0.2) is 51.5 Å². The Labute approximate surface area is 170 Å². The highest BCUT2D eigenvalue weighted by Gasteiger charge is 2.35. The average Bonchev–Trinajstić information content (AvgIpc) is 3.34. The topological polar surface area (TPSA) is 107 Å². The standard InChI is InChI=1S/C20H18F2N6O2/c21-15-6-12(5-13(7-15)20(30)24-2-4-29)17-8-16(22)11-27(17)18-1-3-28-19(26-18)14(9-23)10-25-28/h1,3,5-7,10,16-17,29H,2,4,8,11H2,(H,24,30)/t16-,17+/m0/s1. The number of anilines is 1. The summed E-state index contributed by atoms with van der Waals surface area (Å²) in [6.45, 7) is -0.142. The normalized spacial score (nSPS) is 18.5. The molecule has 8 nitrogen and oxygen atoms in total. The number of alkyl halides is 1. The number of aromatic nitrogens is 3. The molecule has 10 heteroatoms. The first-order valence-electron chi connectivity index (χ1n) is 9.35. The van der Waals surface area contributed by atoms with E-state index in [-0.39, 0.29) is 37.2 Å². The van der Waals surface area contributed by atoms with Crippen LogP contribution in [0.2, 0.25) is 0 Å². The number of nitrogens with zero attached hydrogens (tertiary/aromatic N) is 5. The first-order valence-corrected chi connectivity index (χ1v) is 9.35. The van der Waals surface area contributed by atoms with Crippen molar-refractivity contribution in [2.75, 3.05) is 24.6 Å². The number of benzene rings is 1. The number of amides is 1. The van der Waals surface area contributed by atoms with Crippen LogP contribution in [0.25, 0.3) is 5.65 Å². The molecule has 30 heavy (non-hydrogen) atoms. The van der Waals surface area contributed by atoms with Gasteiger partial charge in [-0.2, -0.15) is 10.4 Å². The van der Waals surface area contributed by atoms with Gasteiger partial charge in [0.1, 0.15) is 29.4 Å². The van der Waals surface area contributed by atoms with Crippen LogP contribution in [0, 0.1) is 17.1 Å². The van der Waals surface area contributed by atoms with Gasteiger partial charge < -0.3 is 15.3 Å². The number of rotatable bonds is 5. The minimum Gasteiger partial charge on any atom is -0.395 e. The van der Waals surface area contributed by atoms with Gasteiger partial charge in [-0.15, -0.1) is 0 Å². The summed E-state index contributed by atoms with van der Waals surface area (Å²) < 4.78 is 30.1. The summed E-state index contributed by atoms with van der Waals surface area (Å²) in [4.78, 5) is 18.3. The Morgan fingerprint density at radius 1 is 1.40 bits per heavy atom. The molecule has 4 rings (SSSR count). The van der Waals surface area contributed by atoms with E-state index in [2.05, 4.69) is 15.4 Å². The van der Waals surface area contributed by atoms with E-state index in [0.29, 0.717) is 17.0 Å². The summed E-state index contributed by atoms with van der Waals surface area (Å²) in [5, 5.41) is 24.6. The fourth-order valence-corrected chi connectivity index (χ4v) is 3.66. The monoisotopic (exact) mass is 412 g/mol. The fourth-order valence-electron chi connectivity index (χ4n) is 3.66. The molecule has 1 fully saturated rings. The van der Waals surface area contributed by atoms with Crippen LogP contribution < -0.4 is 10.2 Å². The molecule has 1 amide bonds. The highest BCUT2D eigenvalue weighted by atomic mass is 19.1. The maximum absolute atomic E-state index is 14.4. The molecule has 3 aromatic rings. The van der Waals surface area contributed by atoms with Gasteiger partial charge in [0.2, 0.25) is 0 Å². The molecule has 154 valence electrons. The zero-order chi connectivity index (χ0) is 21.3. The van der Waals surface area contributed by atoms with Crippen LogP contribution in [-0.2, 0) is 0 Å². The Balaban J connectivity index is 1.71. The zero-order valence-corrected chi connectivity index (χ0v) is 15.8. The van der Waals surface area contributed by atoms with Crippen molar-refractivity contribution in [2.24, 2.45) is 0 Å². The van der Waals surface area contributed by atoms with Gasteiger partial charge >= 0.3 is 0 Å². The number of hydrogen-bond acceptors (Lipinski definition) is 6. The lowest BCUT2D eigenvalue weighted by Crippen LogP contribution is -2.27. The Morgan fingerprint density at radius 3 is 3.00 bits per heavy atom. The van der Waals surface area contributed by atoms with Gasteiger partial charge in [0, 0.05) is 24.7 Å². The van der Waals surface area contributed by atoms with E-state index in [1.807, 2.05) is 6.07 Å². The lowest BCUT2D eigenvalue weighted by molar-refractivity contribution is 0.0944. The lowest BCUT2D eigenvalue weighted by Gasteiger charge is -2.26. The van der Waals surface area contributed by atoms with Crippen molar-refractivity contribution in [3.05, 3.63) is 59.2 Å². The SMILES string of the molecule is N#Cc1cnn2ccc(N3C[C@@H](F)C[C@@H]3c3cc(F)cc(C(=O)NCCO)c3)nc12. The number of nitrogens with one attached hydrogen (secondary N) is 1. The number of carbonyl (C=O) groups excluding carboxylic acids is 1. The third-order valence-electron chi connectivity index (χ3n) is 4.98. The number of halogens is 2. The summed E-state index contributed by atoms with van der Waals surface area (Å²) in [5.41, 5.74) is 1.17. The number of hydrogen-bond donors (Lipinski definition) is 2. The van der Waals surface area contributed by atoms with Crippen LogP contribution in [0.1, 0.15) is 33.9 Å². The molecule has 1 aliphatic rings. The van der Waals surface area contributed by atoms with Crippen molar-refractivity contribution in [2.45, 2.75) is 18.6 Å². The second-order valence-electron chi connectivity index (χ2n) is 6.98. The summed E-state index contributed by atoms with van der Waals surface area (Å²) in [6, 6.07) is 7.02. The van der Waals surface area contributed by atoms with E-state index in [4.69, 9.17) is 5.11 Å². The smallest absolute Gasteiger partial charge is 0.251 e. The first kappa shape index (κ1) is 19.7. The fraction of sp³-hybridized carbons (Fsp3) is 0.300. The second kappa shape index (κ2) is 8.04. The highest BCUT2D eigenvalue weighted by molar-refractivity contribution is 5.94. The summed E-state index contributed by atoms with van der Waals surface area (Å²) in [5.74, 6) is -0.710. The van der Waals surface area contributed by atoms with Crippen LogP contribution in [0.4, 0.5) is 14.6 Å². The Morgan fingerprint density at radius 2 is 2.23 bits per heavy atom. The van der Waals surface area contributed by atoms with Gasteiger partial charge in [-0.05, 0) is 29.8 Å². The van der Waals surface area contributed by atoms with E-state index in [1.54, 1.807) is 17.2 Å². The van der Waals surface area contributed by atoms with Crippen LogP contribution >= 0.6 is 0 Å². The van der Waals surface area contributed by atoms with E-state index in [1.165, 1.54) is 22.8 Å². The third-order valence-corrected chi connectivity index (χ3v) is 4.98. The Kier molecular flexibility index (Phi) is 5.29. The zero-order valence-electron chi connectivity index (χ0n) is 15.8. The predicted octanol–water partition coefficient (Wildman–Crippen LogP) is 1.75. The number of carbonyl (C=O) groups is 1. The number of aliphatic hydroxyl groups excluding tert-OH is 1. The van der Waals surface area contributed by atoms with Gasteiger partial charge in [-0.25, -0.2) is 18.3 Å². The van der Waals surface area contributed by atoms with E-state index in [9.17, 15) is 18.8 Å². The molecule has 1 saturated heterocycles. The van der Waals surface area contributed by atoms with Crippen LogP contribution in [0.5, 0.6) is 0 Å². The number of fused-ring (bicyclic) bond motifs is 1. The van der Waals surface area contributed by atoms with Crippen molar-refractivity contribution in [3.63, 3.8) is 0 Å². The summed E-state index contributed by atoms with van der Waals surface area (Å²) in [7, 11) is 0. The van der Waals surface area contributed by atoms with Crippen LogP contribution in [0.15, 0.2) is 36.7 Å². The van der Waals surface area contributed by atoms with E-state index >= 15 is 0 Å². The second-order valence-corrected chi connectivity index (χ2v) is 6.98. The molecule has 2 atom stereocenters. The molecule has 0 bridgehead atoms. The molecule has 0 saturated carbocycles. The van der Waals surface area contributed by atoms with E-state index in [0.717, 1.165) is 6.07 Å². The van der Waals surface area contributed by atoms with Crippen LogP contribution in [0.3, 0.4) is 0 Å². The minimum absolute atomic E-state index is 0.0449. The molecular weight excluding hydrogens is 394 g/mol. The molecule has 1 aliphatic heterocycles. The van der Waals surface area contributed by atoms with Crippen molar-refractivity contribution >= 4 is 17.4 Å². The van der Waals surface area contributed by atoms with Crippen molar-refractivity contribution < 1.29 is 18.7 Å².